The molecule has 0 spiro atoms. The van der Waals surface area contributed by atoms with Gasteiger partial charge in [-0.1, -0.05) is 24.3 Å². The average Bonchev–Trinajstić information content (AvgIpc) is 3.54. The molecule has 0 radical (unpaired) electrons. The molecule has 0 bridgehead atoms. The minimum Gasteiger partial charge on any atom is -0.455 e. The maximum Gasteiger partial charge on any atom is 0.355 e. The molecule has 0 saturated carbocycles. The molecular weight excluding hydrogens is 472 g/mol. The summed E-state index contributed by atoms with van der Waals surface area (Å²) < 4.78 is 11.1. The molecule has 2 amide bonds. The van der Waals surface area contributed by atoms with Crippen LogP contribution >= 0.6 is 0 Å². The van der Waals surface area contributed by atoms with Crippen LogP contribution in [-0.4, -0.2) is 28.3 Å². The predicted octanol–water partition coefficient (Wildman–Crippen LogP) is 4.69. The van der Waals surface area contributed by atoms with E-state index in [9.17, 15) is 25.0 Å². The van der Waals surface area contributed by atoms with Crippen LogP contribution in [0.4, 0.5) is 16.2 Å². The van der Waals surface area contributed by atoms with Gasteiger partial charge >= 0.3 is 6.03 Å². The van der Waals surface area contributed by atoms with E-state index >= 15 is 0 Å². The van der Waals surface area contributed by atoms with Gasteiger partial charge in [0.05, 0.1) is 22.3 Å². The normalized spacial score (nSPS) is 11.1. The van der Waals surface area contributed by atoms with Crippen LogP contribution < -0.4 is 10.9 Å². The number of hydrazone groups is 2. The summed E-state index contributed by atoms with van der Waals surface area (Å²) in [5.41, 5.74) is 5.32. The number of nitrogens with zero attached hydrogens (tertiary/aromatic N) is 4. The quantitative estimate of drug-likeness (QED) is 0.205. The van der Waals surface area contributed by atoms with Crippen LogP contribution in [0.3, 0.4) is 0 Å². The van der Waals surface area contributed by atoms with Crippen LogP contribution in [0.25, 0.3) is 22.6 Å². The lowest BCUT2D eigenvalue weighted by Crippen LogP contribution is -2.28. The van der Waals surface area contributed by atoms with E-state index in [1.807, 2.05) is 0 Å². The number of urea groups is 1. The minimum absolute atomic E-state index is 0.0622. The van der Waals surface area contributed by atoms with Gasteiger partial charge in [-0.15, -0.1) is 0 Å². The Balaban J connectivity index is 1.29. The molecule has 4 aromatic rings. The summed E-state index contributed by atoms with van der Waals surface area (Å²) in [7, 11) is 0. The van der Waals surface area contributed by atoms with E-state index in [1.54, 1.807) is 48.5 Å². The van der Waals surface area contributed by atoms with Crippen LogP contribution in [-0.2, 0) is 0 Å². The van der Waals surface area contributed by atoms with Gasteiger partial charge in [-0.25, -0.2) is 15.6 Å². The lowest BCUT2D eigenvalue weighted by molar-refractivity contribution is -0.385. The van der Waals surface area contributed by atoms with Gasteiger partial charge in [0.2, 0.25) is 0 Å². The van der Waals surface area contributed by atoms with Crippen molar-refractivity contribution in [3.63, 3.8) is 0 Å². The van der Waals surface area contributed by atoms with Crippen molar-refractivity contribution >= 4 is 29.8 Å². The summed E-state index contributed by atoms with van der Waals surface area (Å²) in [4.78, 5) is 32.7. The van der Waals surface area contributed by atoms with Crippen molar-refractivity contribution in [3.8, 4) is 22.6 Å². The molecular formula is C23H16N6O7. The second-order valence-corrected chi connectivity index (χ2v) is 7.09. The Bertz CT molecular complexity index is 1380. The van der Waals surface area contributed by atoms with Crippen LogP contribution in [0, 0.1) is 20.2 Å². The number of nitro benzene ring substituents is 2. The van der Waals surface area contributed by atoms with Gasteiger partial charge in [0, 0.05) is 35.4 Å². The number of furan rings is 2. The van der Waals surface area contributed by atoms with Crippen molar-refractivity contribution in [2.75, 3.05) is 0 Å². The average molecular weight is 488 g/mol. The fraction of sp³-hybridized carbons (Fsp3) is 0. The van der Waals surface area contributed by atoms with Crippen LogP contribution in [0.15, 0.2) is 91.8 Å². The largest absolute Gasteiger partial charge is 0.455 e. The van der Waals surface area contributed by atoms with E-state index in [0.717, 1.165) is 0 Å². The van der Waals surface area contributed by atoms with Gasteiger partial charge in [0.25, 0.3) is 11.4 Å². The number of nitro groups is 2. The van der Waals surface area contributed by atoms with Crippen molar-refractivity contribution in [2.45, 2.75) is 0 Å². The number of non-ortho nitro benzene ring substituents is 2. The van der Waals surface area contributed by atoms with E-state index in [2.05, 4.69) is 21.1 Å². The smallest absolute Gasteiger partial charge is 0.355 e. The fourth-order valence-electron chi connectivity index (χ4n) is 3.03. The Hall–Kier alpha value is -5.59. The van der Waals surface area contributed by atoms with Gasteiger partial charge in [-0.3, -0.25) is 20.2 Å². The first-order chi connectivity index (χ1) is 17.4. The third-order valence-electron chi connectivity index (χ3n) is 4.65. The van der Waals surface area contributed by atoms with Crippen LogP contribution in [0.1, 0.15) is 11.5 Å². The SMILES string of the molecule is O=C(N/N=C\c1ccc(-c2cccc([N+](=O)[O-])c2)o1)N/N=C/c1ccc(-c2cccc([N+](=O)[O-])c2)o1. The number of hydrogen-bond donors (Lipinski definition) is 2. The molecule has 13 heteroatoms. The van der Waals surface area contributed by atoms with E-state index in [1.165, 1.54) is 36.7 Å². The van der Waals surface area contributed by atoms with Crippen molar-refractivity contribution < 1.29 is 23.5 Å². The summed E-state index contributed by atoms with van der Waals surface area (Å²) in [5.74, 6) is 1.42. The van der Waals surface area contributed by atoms with E-state index in [0.29, 0.717) is 34.2 Å². The minimum atomic E-state index is -0.738. The van der Waals surface area contributed by atoms with Gasteiger partial charge in [0.15, 0.2) is 0 Å². The summed E-state index contributed by atoms with van der Waals surface area (Å²) in [5, 5.41) is 29.3. The molecule has 4 rings (SSSR count). The maximum absolute atomic E-state index is 11.8. The highest BCUT2D eigenvalue weighted by atomic mass is 16.6. The Labute approximate surface area is 202 Å². The zero-order valence-electron chi connectivity index (χ0n) is 18.2. The first-order valence-corrected chi connectivity index (χ1v) is 10.2. The maximum atomic E-state index is 11.8. The zero-order chi connectivity index (χ0) is 25.5. The lowest BCUT2D eigenvalue weighted by atomic mass is 10.1. The molecule has 0 atom stereocenters. The van der Waals surface area contributed by atoms with Gasteiger partial charge < -0.3 is 8.83 Å². The Morgan fingerprint density at radius 3 is 1.58 bits per heavy atom. The number of carbonyl (C=O) groups is 1. The standard InChI is InChI=1S/C23H16N6O7/c30-23(26-24-13-19-7-9-21(35-19)15-3-1-5-17(11-15)28(31)32)27-25-14-20-8-10-22(36-20)16-4-2-6-18(12-16)29(33)34/h1-14H,(H2,26,27,30)/b24-13-,25-14+. The molecule has 180 valence electrons. The Morgan fingerprint density at radius 2 is 1.17 bits per heavy atom. The molecule has 0 saturated heterocycles. The first-order valence-electron chi connectivity index (χ1n) is 10.2. The molecule has 0 unspecified atom stereocenters. The molecule has 13 nitrogen and oxygen atoms in total. The molecule has 0 aliphatic rings. The van der Waals surface area contributed by atoms with E-state index < -0.39 is 15.9 Å². The molecule has 0 fully saturated rings. The fourth-order valence-corrected chi connectivity index (χ4v) is 3.03. The second kappa shape index (κ2) is 10.6. The van der Waals surface area contributed by atoms with Crippen molar-refractivity contribution in [1.82, 2.24) is 10.9 Å². The highest BCUT2D eigenvalue weighted by Gasteiger charge is 2.11. The van der Waals surface area contributed by atoms with Gasteiger partial charge in [0.1, 0.15) is 23.0 Å². The third-order valence-corrected chi connectivity index (χ3v) is 4.65. The van der Waals surface area contributed by atoms with Gasteiger partial charge in [-0.05, 0) is 24.3 Å². The number of hydrogen-bond acceptors (Lipinski definition) is 9. The Morgan fingerprint density at radius 1 is 0.722 bits per heavy atom. The molecule has 36 heavy (non-hydrogen) atoms. The second-order valence-electron chi connectivity index (χ2n) is 7.09. The molecule has 2 N–H and O–H groups in total. The molecule has 0 aliphatic carbocycles. The van der Waals surface area contributed by atoms with Crippen molar-refractivity contribution in [1.29, 1.82) is 0 Å². The highest BCUT2D eigenvalue weighted by molar-refractivity contribution is 5.82. The summed E-state index contributed by atoms with van der Waals surface area (Å²) >= 11 is 0. The number of benzene rings is 2. The number of amides is 2. The summed E-state index contributed by atoms with van der Waals surface area (Å²) in [6.45, 7) is 0. The summed E-state index contributed by atoms with van der Waals surface area (Å²) in [6.07, 6.45) is 2.50. The third kappa shape index (κ3) is 5.85. The highest BCUT2D eigenvalue weighted by Crippen LogP contribution is 2.26. The zero-order valence-corrected chi connectivity index (χ0v) is 18.2. The topological polar surface area (TPSA) is 178 Å². The van der Waals surface area contributed by atoms with Crippen LogP contribution in [0.2, 0.25) is 0 Å². The summed E-state index contributed by atoms with van der Waals surface area (Å²) in [6, 6.07) is 17.6. The van der Waals surface area contributed by atoms with E-state index in [-0.39, 0.29) is 11.4 Å². The van der Waals surface area contributed by atoms with Gasteiger partial charge in [-0.2, -0.15) is 10.2 Å². The first kappa shape index (κ1) is 23.6. The van der Waals surface area contributed by atoms with Crippen LogP contribution in [0.5, 0.6) is 0 Å². The predicted molar refractivity (Wildman–Crippen MR) is 128 cm³/mol. The molecule has 2 aromatic carbocycles. The Kier molecular flexibility index (Phi) is 6.91. The molecule has 0 aliphatic heterocycles. The monoisotopic (exact) mass is 488 g/mol. The van der Waals surface area contributed by atoms with Crippen molar-refractivity contribution in [3.05, 3.63) is 105 Å². The van der Waals surface area contributed by atoms with E-state index in [4.69, 9.17) is 8.83 Å². The molecule has 2 heterocycles. The number of rotatable bonds is 8. The van der Waals surface area contributed by atoms with Crippen molar-refractivity contribution in [2.24, 2.45) is 10.2 Å². The lowest BCUT2D eigenvalue weighted by Gasteiger charge is -1.98. The number of carbonyl (C=O) groups excluding carboxylic acids is 1. The molecule has 2 aromatic heterocycles. The number of nitrogens with one attached hydrogen (secondary N) is 2.